The lowest BCUT2D eigenvalue weighted by atomic mass is 10.0. The van der Waals surface area contributed by atoms with Gasteiger partial charge in [-0.25, -0.2) is 0 Å². The fraction of sp³-hybridized carbons (Fsp3) is 0.467. The van der Waals surface area contributed by atoms with E-state index in [1.807, 2.05) is 13.0 Å². The summed E-state index contributed by atoms with van der Waals surface area (Å²) in [5.74, 6) is 0.423. The molecule has 0 saturated carbocycles. The maximum Gasteiger partial charge on any atom is 0.250 e. The third kappa shape index (κ3) is 3.05. The smallest absolute Gasteiger partial charge is 0.250 e. The van der Waals surface area contributed by atoms with Crippen molar-refractivity contribution < 1.29 is 14.3 Å². The third-order valence-corrected chi connectivity index (χ3v) is 4.28. The monoisotopic (exact) mass is 354 g/mol. The van der Waals surface area contributed by atoms with Crippen LogP contribution < -0.4 is 15.0 Å². The molecule has 2 atom stereocenters. The van der Waals surface area contributed by atoms with E-state index in [9.17, 15) is 9.59 Å². The van der Waals surface area contributed by atoms with Gasteiger partial charge in [-0.05, 0) is 41.4 Å². The topological polar surface area (TPSA) is 58.6 Å². The molecule has 5 nitrogen and oxygen atoms in total. The van der Waals surface area contributed by atoms with E-state index < -0.39 is 12.1 Å². The van der Waals surface area contributed by atoms with Gasteiger partial charge in [0, 0.05) is 10.5 Å². The second-order valence-corrected chi connectivity index (χ2v) is 5.91. The fourth-order valence-corrected chi connectivity index (χ4v) is 2.88. The summed E-state index contributed by atoms with van der Waals surface area (Å²) in [6.07, 6.45) is 1.47. The number of nitrogens with zero attached hydrogens (tertiary/aromatic N) is 1. The summed E-state index contributed by atoms with van der Waals surface area (Å²) in [5, 5.41) is 2.79. The number of halogens is 1. The van der Waals surface area contributed by atoms with Gasteiger partial charge >= 0.3 is 0 Å². The first-order chi connectivity index (χ1) is 9.99. The minimum absolute atomic E-state index is 0.0853. The Balaban J connectivity index is 2.43. The van der Waals surface area contributed by atoms with Crippen molar-refractivity contribution in [2.45, 2.75) is 38.8 Å². The van der Waals surface area contributed by atoms with Gasteiger partial charge in [-0.15, -0.1) is 0 Å². The summed E-state index contributed by atoms with van der Waals surface area (Å²) in [6, 6.07) is 4.37. The van der Waals surface area contributed by atoms with Gasteiger partial charge in [0.05, 0.1) is 12.8 Å². The second kappa shape index (κ2) is 6.47. The van der Waals surface area contributed by atoms with E-state index in [-0.39, 0.29) is 11.8 Å². The first-order valence-corrected chi connectivity index (χ1v) is 7.75. The third-order valence-electron chi connectivity index (χ3n) is 3.61. The summed E-state index contributed by atoms with van der Waals surface area (Å²) in [5.41, 5.74) is 0.655. The summed E-state index contributed by atoms with van der Waals surface area (Å²) in [6.45, 7) is 3.71. The van der Waals surface area contributed by atoms with Crippen LogP contribution in [0.3, 0.4) is 0 Å². The quantitative estimate of drug-likeness (QED) is 0.903. The minimum Gasteiger partial charge on any atom is -0.497 e. The molecule has 0 spiro atoms. The summed E-state index contributed by atoms with van der Waals surface area (Å²) in [4.78, 5) is 26.3. The van der Waals surface area contributed by atoms with Crippen molar-refractivity contribution in [3.8, 4) is 5.75 Å². The van der Waals surface area contributed by atoms with Crippen LogP contribution in [0.25, 0.3) is 0 Å². The number of rotatable bonds is 4. The van der Waals surface area contributed by atoms with Crippen molar-refractivity contribution >= 4 is 33.4 Å². The first kappa shape index (κ1) is 15.8. The van der Waals surface area contributed by atoms with E-state index in [1.54, 1.807) is 31.1 Å². The molecule has 21 heavy (non-hydrogen) atoms. The first-order valence-electron chi connectivity index (χ1n) is 6.96. The summed E-state index contributed by atoms with van der Waals surface area (Å²) >= 11 is 3.45. The van der Waals surface area contributed by atoms with E-state index in [2.05, 4.69) is 21.2 Å². The van der Waals surface area contributed by atoms with E-state index in [0.717, 1.165) is 10.9 Å². The molecule has 1 aliphatic heterocycles. The molecule has 2 amide bonds. The maximum absolute atomic E-state index is 12.7. The Morgan fingerprint density at radius 3 is 2.71 bits per heavy atom. The van der Waals surface area contributed by atoms with Gasteiger partial charge in [-0.2, -0.15) is 0 Å². The number of piperazine rings is 1. The van der Waals surface area contributed by atoms with Crippen molar-refractivity contribution in [3.63, 3.8) is 0 Å². The number of amides is 2. The number of carbonyl (C=O) groups is 2. The Morgan fingerprint density at radius 2 is 2.10 bits per heavy atom. The number of hydrogen-bond acceptors (Lipinski definition) is 3. The Hall–Kier alpha value is -1.56. The molecule has 1 saturated heterocycles. The van der Waals surface area contributed by atoms with Crippen molar-refractivity contribution in [2.75, 3.05) is 12.0 Å². The highest BCUT2D eigenvalue weighted by molar-refractivity contribution is 9.10. The molecule has 114 valence electrons. The number of benzene rings is 1. The molecule has 2 rings (SSSR count). The molecule has 0 bridgehead atoms. The molecular weight excluding hydrogens is 336 g/mol. The molecule has 1 heterocycles. The van der Waals surface area contributed by atoms with Gasteiger partial charge in [0.2, 0.25) is 11.8 Å². The molecule has 2 unspecified atom stereocenters. The van der Waals surface area contributed by atoms with Crippen LogP contribution in [-0.4, -0.2) is 31.0 Å². The van der Waals surface area contributed by atoms with Crippen LogP contribution in [0.15, 0.2) is 22.7 Å². The summed E-state index contributed by atoms with van der Waals surface area (Å²) in [7, 11) is 1.57. The lowest BCUT2D eigenvalue weighted by Gasteiger charge is -2.37. The van der Waals surface area contributed by atoms with Gasteiger partial charge in [-0.3, -0.25) is 14.5 Å². The van der Waals surface area contributed by atoms with Crippen LogP contribution in [0, 0.1) is 0 Å². The van der Waals surface area contributed by atoms with Crippen LogP contribution >= 0.6 is 15.9 Å². The Labute approximate surface area is 132 Å². The number of methoxy groups -OCH3 is 1. The zero-order valence-corrected chi connectivity index (χ0v) is 13.9. The van der Waals surface area contributed by atoms with Crippen LogP contribution in [0.4, 0.5) is 5.69 Å². The zero-order chi connectivity index (χ0) is 15.6. The molecule has 1 fully saturated rings. The van der Waals surface area contributed by atoms with E-state index >= 15 is 0 Å². The fourth-order valence-electron chi connectivity index (χ4n) is 2.45. The van der Waals surface area contributed by atoms with Crippen LogP contribution in [0.5, 0.6) is 5.75 Å². The molecule has 0 aromatic heterocycles. The maximum atomic E-state index is 12.7. The number of ether oxygens (including phenoxy) is 1. The van der Waals surface area contributed by atoms with Gasteiger partial charge in [0.1, 0.15) is 17.8 Å². The Kier molecular flexibility index (Phi) is 4.88. The predicted molar refractivity (Wildman–Crippen MR) is 84.5 cm³/mol. The average Bonchev–Trinajstić information content (AvgIpc) is 2.47. The number of nitrogens with one attached hydrogen (secondary N) is 1. The Bertz CT molecular complexity index is 562. The highest BCUT2D eigenvalue weighted by atomic mass is 79.9. The highest BCUT2D eigenvalue weighted by Gasteiger charge is 2.39. The van der Waals surface area contributed by atoms with E-state index in [4.69, 9.17) is 4.74 Å². The second-order valence-electron chi connectivity index (χ2n) is 5.05. The normalized spacial score (nSPS) is 22.2. The van der Waals surface area contributed by atoms with Gasteiger partial charge in [-0.1, -0.05) is 13.3 Å². The lowest BCUT2D eigenvalue weighted by molar-refractivity contribution is -0.133. The van der Waals surface area contributed by atoms with Crippen LogP contribution in [0.1, 0.15) is 26.7 Å². The minimum atomic E-state index is -0.547. The number of carbonyl (C=O) groups excluding carboxylic acids is 2. The van der Waals surface area contributed by atoms with Gasteiger partial charge in [0.25, 0.3) is 0 Å². The van der Waals surface area contributed by atoms with E-state index in [1.165, 1.54) is 0 Å². The molecular formula is C15H19BrN2O3. The van der Waals surface area contributed by atoms with Crippen molar-refractivity contribution in [3.05, 3.63) is 22.7 Å². The lowest BCUT2D eigenvalue weighted by Crippen LogP contribution is -2.62. The average molecular weight is 355 g/mol. The summed E-state index contributed by atoms with van der Waals surface area (Å²) < 4.78 is 5.97. The van der Waals surface area contributed by atoms with Crippen molar-refractivity contribution in [1.29, 1.82) is 0 Å². The predicted octanol–water partition coefficient (Wildman–Crippen LogP) is 2.48. The molecule has 0 aliphatic carbocycles. The van der Waals surface area contributed by atoms with E-state index in [0.29, 0.717) is 17.9 Å². The molecule has 6 heteroatoms. The number of hydrogen-bond donors (Lipinski definition) is 1. The molecule has 1 aliphatic rings. The number of anilines is 1. The van der Waals surface area contributed by atoms with Crippen LogP contribution in [-0.2, 0) is 9.59 Å². The zero-order valence-electron chi connectivity index (χ0n) is 12.4. The van der Waals surface area contributed by atoms with Crippen LogP contribution in [0.2, 0.25) is 0 Å². The molecule has 1 N–H and O–H groups in total. The van der Waals surface area contributed by atoms with Crippen molar-refractivity contribution in [2.24, 2.45) is 0 Å². The van der Waals surface area contributed by atoms with Gasteiger partial charge in [0.15, 0.2) is 0 Å². The largest absolute Gasteiger partial charge is 0.497 e. The van der Waals surface area contributed by atoms with Gasteiger partial charge < -0.3 is 10.1 Å². The molecule has 1 aromatic rings. The van der Waals surface area contributed by atoms with Crippen molar-refractivity contribution in [1.82, 2.24) is 5.32 Å². The molecule has 1 aromatic carbocycles. The molecule has 0 radical (unpaired) electrons. The SMILES string of the molecule is CCCC1NC(=O)C(C)N(c2cc(OC)ccc2Br)C1=O. The standard InChI is InChI=1S/C15H19BrN2O3/c1-4-5-12-15(20)18(9(2)14(19)17-12)13-8-10(21-3)6-7-11(13)16/h6-9,12H,4-5H2,1-3H3,(H,17,19). The highest BCUT2D eigenvalue weighted by Crippen LogP contribution is 2.33. The Morgan fingerprint density at radius 1 is 1.38 bits per heavy atom.